The summed E-state index contributed by atoms with van der Waals surface area (Å²) in [5, 5.41) is 0. The number of methoxy groups -OCH3 is 1. The zero-order valence-electron chi connectivity index (χ0n) is 16.0. The Bertz CT molecular complexity index is 923. The van der Waals surface area contributed by atoms with Crippen LogP contribution in [0.1, 0.15) is 28.8 Å². The number of hydrogen-bond donors (Lipinski definition) is 0. The molecule has 6 rings (SSSR count). The summed E-state index contributed by atoms with van der Waals surface area (Å²) in [6, 6.07) is 5.09. The molecule has 4 aliphatic carbocycles. The van der Waals surface area contributed by atoms with Gasteiger partial charge in [0.1, 0.15) is 0 Å². The third kappa shape index (κ3) is 1.80. The number of imide groups is 1. The van der Waals surface area contributed by atoms with Gasteiger partial charge in [0, 0.05) is 0 Å². The minimum absolute atomic E-state index is 0.0576. The van der Waals surface area contributed by atoms with Gasteiger partial charge in [0.25, 0.3) is 0 Å². The first-order chi connectivity index (χ1) is 13.5. The Morgan fingerprint density at radius 1 is 1.00 bits per heavy atom. The molecular weight excluding hydrogens is 354 g/mol. The van der Waals surface area contributed by atoms with E-state index in [1.165, 1.54) is 18.4 Å². The van der Waals surface area contributed by atoms with Crippen LogP contribution in [-0.2, 0) is 14.3 Å². The second-order valence-electron chi connectivity index (χ2n) is 9.22. The maximum atomic E-state index is 13.5. The quantitative estimate of drug-likeness (QED) is 0.344. The highest BCUT2D eigenvalue weighted by molar-refractivity contribution is 6.23. The van der Waals surface area contributed by atoms with Crippen LogP contribution in [0.25, 0.3) is 0 Å². The number of nitrogens with zero attached hydrogens (tertiary/aromatic N) is 1. The van der Waals surface area contributed by atoms with E-state index in [1.54, 1.807) is 18.2 Å². The van der Waals surface area contributed by atoms with Crippen LogP contribution < -0.4 is 4.90 Å². The summed E-state index contributed by atoms with van der Waals surface area (Å²) in [6.45, 7) is 1.87. The second kappa shape index (κ2) is 5.34. The summed E-state index contributed by atoms with van der Waals surface area (Å²) in [4.78, 5) is 40.3. The fraction of sp³-hybridized carbons (Fsp3) is 0.522. The largest absolute Gasteiger partial charge is 0.465 e. The fourth-order valence-electron chi connectivity index (χ4n) is 7.45. The molecular formula is C23H23NO4. The van der Waals surface area contributed by atoms with Crippen molar-refractivity contribution < 1.29 is 19.1 Å². The van der Waals surface area contributed by atoms with Crippen molar-refractivity contribution in [1.82, 2.24) is 0 Å². The number of allylic oxidation sites excluding steroid dienone is 2. The predicted molar refractivity (Wildman–Crippen MR) is 101 cm³/mol. The molecule has 28 heavy (non-hydrogen) atoms. The molecule has 0 spiro atoms. The van der Waals surface area contributed by atoms with E-state index in [4.69, 9.17) is 4.74 Å². The summed E-state index contributed by atoms with van der Waals surface area (Å²) in [5.41, 5.74) is 1.73. The molecule has 0 N–H and O–H groups in total. The molecule has 5 aliphatic rings. The van der Waals surface area contributed by atoms with Gasteiger partial charge in [-0.1, -0.05) is 18.2 Å². The van der Waals surface area contributed by atoms with Crippen molar-refractivity contribution in [1.29, 1.82) is 0 Å². The van der Waals surface area contributed by atoms with Crippen molar-refractivity contribution in [2.75, 3.05) is 12.0 Å². The lowest BCUT2D eigenvalue weighted by Crippen LogP contribution is -2.38. The Balaban J connectivity index is 1.39. The summed E-state index contributed by atoms with van der Waals surface area (Å²) in [7, 11) is 1.33. The van der Waals surface area contributed by atoms with E-state index >= 15 is 0 Å². The molecule has 1 aromatic carbocycles. The molecule has 8 unspecified atom stereocenters. The number of fused-ring (bicyclic) bond motifs is 12. The van der Waals surface area contributed by atoms with Crippen molar-refractivity contribution in [3.63, 3.8) is 0 Å². The Labute approximate surface area is 163 Å². The fourth-order valence-corrected chi connectivity index (χ4v) is 7.45. The van der Waals surface area contributed by atoms with Crippen LogP contribution in [0.15, 0.2) is 30.4 Å². The Kier molecular flexibility index (Phi) is 3.15. The molecule has 0 radical (unpaired) electrons. The first kappa shape index (κ1) is 16.5. The standard InChI is InChI=1S/C23H23NO4/c1-10-3-4-13(23(27)28-2)8-16(10)24-21(25)19-14-9-15(20(19)22(24)26)18-12-6-5-11(7-12)17(14)18/h3-6,8,11-12,14-15,17-20H,7,9H2,1-2H3. The number of carbonyl (C=O) groups excluding carboxylic acids is 3. The Hall–Kier alpha value is -2.43. The molecule has 1 saturated heterocycles. The highest BCUT2D eigenvalue weighted by atomic mass is 16.5. The number of amides is 2. The third-order valence-corrected chi connectivity index (χ3v) is 8.31. The molecule has 1 aromatic rings. The monoisotopic (exact) mass is 377 g/mol. The van der Waals surface area contributed by atoms with E-state index in [9.17, 15) is 14.4 Å². The minimum Gasteiger partial charge on any atom is -0.465 e. The number of ether oxygens (including phenoxy) is 1. The van der Waals surface area contributed by atoms with E-state index in [0.29, 0.717) is 46.8 Å². The zero-order chi connectivity index (χ0) is 19.3. The molecule has 3 saturated carbocycles. The van der Waals surface area contributed by atoms with Crippen LogP contribution >= 0.6 is 0 Å². The topological polar surface area (TPSA) is 63.7 Å². The SMILES string of the molecule is COC(=O)c1ccc(C)c(N2C(=O)C3C4CC(C3C2=O)C2C3C=CC(C3)C42)c1. The zero-order valence-corrected chi connectivity index (χ0v) is 16.0. The molecule has 0 aromatic heterocycles. The number of anilines is 1. The van der Waals surface area contributed by atoms with Crippen molar-refractivity contribution in [3.8, 4) is 0 Å². The average Bonchev–Trinajstić information content (AvgIpc) is 3.48. The molecule has 4 fully saturated rings. The summed E-state index contributed by atoms with van der Waals surface area (Å²) >= 11 is 0. The lowest BCUT2D eigenvalue weighted by Gasteiger charge is -2.36. The van der Waals surface area contributed by atoms with Crippen molar-refractivity contribution in [3.05, 3.63) is 41.5 Å². The normalized spacial score (nSPS) is 41.7. The first-order valence-corrected chi connectivity index (χ1v) is 10.3. The molecule has 8 atom stereocenters. The van der Waals surface area contributed by atoms with Gasteiger partial charge >= 0.3 is 5.97 Å². The van der Waals surface area contributed by atoms with E-state index in [2.05, 4.69) is 12.2 Å². The average molecular weight is 377 g/mol. The van der Waals surface area contributed by atoms with Gasteiger partial charge in [-0.15, -0.1) is 0 Å². The van der Waals surface area contributed by atoms with Crippen molar-refractivity contribution in [2.45, 2.75) is 19.8 Å². The smallest absolute Gasteiger partial charge is 0.337 e. The van der Waals surface area contributed by atoms with Crippen LogP contribution in [0, 0.1) is 54.3 Å². The van der Waals surface area contributed by atoms with Gasteiger partial charge in [0.05, 0.1) is 30.2 Å². The number of benzene rings is 1. The first-order valence-electron chi connectivity index (χ1n) is 10.3. The van der Waals surface area contributed by atoms with Crippen molar-refractivity contribution >= 4 is 23.5 Å². The van der Waals surface area contributed by atoms with Gasteiger partial charge in [-0.25, -0.2) is 9.69 Å². The van der Waals surface area contributed by atoms with Gasteiger partial charge in [-0.3, -0.25) is 9.59 Å². The van der Waals surface area contributed by atoms with Crippen molar-refractivity contribution in [2.24, 2.45) is 47.3 Å². The van der Waals surface area contributed by atoms with Gasteiger partial charge in [0.2, 0.25) is 11.8 Å². The number of esters is 1. The lowest BCUT2D eigenvalue weighted by atomic mass is 9.65. The predicted octanol–water partition coefficient (Wildman–Crippen LogP) is 2.98. The summed E-state index contributed by atoms with van der Waals surface area (Å²) in [5.74, 6) is 2.13. The molecule has 1 aliphatic heterocycles. The Morgan fingerprint density at radius 2 is 1.61 bits per heavy atom. The van der Waals surface area contributed by atoms with Crippen LogP contribution in [-0.4, -0.2) is 24.9 Å². The Morgan fingerprint density at radius 3 is 2.18 bits per heavy atom. The molecule has 144 valence electrons. The van der Waals surface area contributed by atoms with E-state index in [1.807, 2.05) is 6.92 Å². The number of carbonyl (C=O) groups is 3. The third-order valence-electron chi connectivity index (χ3n) is 8.31. The van der Waals surface area contributed by atoms with Gasteiger partial charge in [-0.2, -0.15) is 0 Å². The molecule has 4 bridgehead atoms. The minimum atomic E-state index is -0.460. The van der Waals surface area contributed by atoms with E-state index < -0.39 is 5.97 Å². The second-order valence-corrected chi connectivity index (χ2v) is 9.22. The van der Waals surface area contributed by atoms with Crippen LogP contribution in [0.4, 0.5) is 5.69 Å². The van der Waals surface area contributed by atoms with E-state index in [-0.39, 0.29) is 23.7 Å². The van der Waals surface area contributed by atoms with Crippen LogP contribution in [0.5, 0.6) is 0 Å². The maximum absolute atomic E-state index is 13.5. The lowest BCUT2D eigenvalue weighted by molar-refractivity contribution is -0.123. The molecule has 5 nitrogen and oxygen atoms in total. The number of aryl methyl sites for hydroxylation is 1. The van der Waals surface area contributed by atoms with Gasteiger partial charge < -0.3 is 4.74 Å². The summed E-state index contributed by atoms with van der Waals surface area (Å²) in [6.07, 6.45) is 6.95. The molecule has 5 heteroatoms. The maximum Gasteiger partial charge on any atom is 0.337 e. The summed E-state index contributed by atoms with van der Waals surface area (Å²) < 4.78 is 4.81. The highest BCUT2D eigenvalue weighted by Gasteiger charge is 2.71. The van der Waals surface area contributed by atoms with Crippen LogP contribution in [0.2, 0.25) is 0 Å². The van der Waals surface area contributed by atoms with Gasteiger partial charge in [-0.05, 0) is 73.0 Å². The number of hydrogen-bond acceptors (Lipinski definition) is 4. The van der Waals surface area contributed by atoms with Gasteiger partial charge in [0.15, 0.2) is 0 Å². The molecule has 1 heterocycles. The van der Waals surface area contributed by atoms with Crippen LogP contribution in [0.3, 0.4) is 0 Å². The highest BCUT2D eigenvalue weighted by Crippen LogP contribution is 2.70. The van der Waals surface area contributed by atoms with E-state index in [0.717, 1.165) is 12.0 Å². The molecule has 2 amide bonds. The number of rotatable bonds is 2.